The first-order chi connectivity index (χ1) is 14.0. The maximum Gasteiger partial charge on any atom is 0.254 e. The van der Waals surface area contributed by atoms with Crippen LogP contribution < -0.4 is 5.32 Å². The second-order valence-electron chi connectivity index (χ2n) is 8.13. The van der Waals surface area contributed by atoms with Gasteiger partial charge in [0.25, 0.3) is 5.91 Å². The molecule has 0 spiro atoms. The van der Waals surface area contributed by atoms with E-state index in [0.717, 1.165) is 11.4 Å². The van der Waals surface area contributed by atoms with E-state index < -0.39 is 0 Å². The van der Waals surface area contributed by atoms with Crippen LogP contribution in [0.1, 0.15) is 54.1 Å². The van der Waals surface area contributed by atoms with Crippen molar-refractivity contribution in [3.05, 3.63) is 63.9 Å². The van der Waals surface area contributed by atoms with Gasteiger partial charge in [-0.05, 0) is 75.0 Å². The highest BCUT2D eigenvalue weighted by molar-refractivity contribution is 6.32. The third-order valence-electron chi connectivity index (χ3n) is 5.95. The van der Waals surface area contributed by atoms with Gasteiger partial charge in [0.15, 0.2) is 0 Å². The number of amides is 1. The van der Waals surface area contributed by atoms with Crippen LogP contribution in [0.2, 0.25) is 10.2 Å². The number of rotatable bonds is 7. The molecule has 1 aromatic carbocycles. The molecule has 1 N–H and O–H groups in total. The Morgan fingerprint density at radius 2 is 1.83 bits per heavy atom. The third-order valence-corrected chi connectivity index (χ3v) is 6.50. The van der Waals surface area contributed by atoms with E-state index in [2.05, 4.69) is 41.4 Å². The second-order valence-corrected chi connectivity index (χ2v) is 8.92. The summed E-state index contributed by atoms with van der Waals surface area (Å²) in [6.45, 7) is 0.674. The average Bonchev–Trinajstić information content (AvgIpc) is 2.71. The summed E-state index contributed by atoms with van der Waals surface area (Å²) in [5.41, 5.74) is 1.78. The van der Waals surface area contributed by atoms with E-state index in [1.807, 2.05) is 12.1 Å². The zero-order valence-electron chi connectivity index (χ0n) is 17.1. The van der Waals surface area contributed by atoms with Crippen LogP contribution in [0.3, 0.4) is 0 Å². The number of hydrogen-bond acceptors (Lipinski definition) is 3. The van der Waals surface area contributed by atoms with Crippen LogP contribution in [-0.2, 0) is 0 Å². The van der Waals surface area contributed by atoms with E-state index in [4.69, 9.17) is 23.2 Å². The minimum Gasteiger partial charge on any atom is -0.352 e. The van der Waals surface area contributed by atoms with Gasteiger partial charge in [-0.3, -0.25) is 4.79 Å². The Labute approximate surface area is 183 Å². The van der Waals surface area contributed by atoms with Crippen LogP contribution in [0, 0.1) is 11.8 Å². The first-order valence-corrected chi connectivity index (χ1v) is 11.0. The molecule has 1 aliphatic rings. The molecule has 1 saturated carbocycles. The topological polar surface area (TPSA) is 45.2 Å². The van der Waals surface area contributed by atoms with Crippen LogP contribution >= 0.6 is 23.2 Å². The minimum atomic E-state index is -0.146. The van der Waals surface area contributed by atoms with E-state index >= 15 is 0 Å². The number of hydrogen-bond donors (Lipinski definition) is 1. The van der Waals surface area contributed by atoms with Crippen molar-refractivity contribution < 1.29 is 4.79 Å². The van der Waals surface area contributed by atoms with Gasteiger partial charge in [-0.25, -0.2) is 4.98 Å². The van der Waals surface area contributed by atoms with E-state index in [9.17, 15) is 4.79 Å². The first kappa shape index (κ1) is 22.1. The van der Waals surface area contributed by atoms with Crippen molar-refractivity contribution in [1.82, 2.24) is 15.2 Å². The van der Waals surface area contributed by atoms with Crippen LogP contribution in [0.5, 0.6) is 0 Å². The van der Waals surface area contributed by atoms with Crippen molar-refractivity contribution in [2.24, 2.45) is 11.8 Å². The van der Waals surface area contributed by atoms with Gasteiger partial charge in [-0.1, -0.05) is 48.2 Å². The summed E-state index contributed by atoms with van der Waals surface area (Å²) in [4.78, 5) is 18.5. The molecular formula is C23H29Cl2N3O. The predicted molar refractivity (Wildman–Crippen MR) is 120 cm³/mol. The highest BCUT2D eigenvalue weighted by atomic mass is 35.5. The molecule has 1 fully saturated rings. The molecule has 1 unspecified atom stereocenters. The van der Waals surface area contributed by atoms with Gasteiger partial charge in [0.2, 0.25) is 0 Å². The number of nitrogens with zero attached hydrogens (tertiary/aromatic N) is 2. The van der Waals surface area contributed by atoms with E-state index in [-0.39, 0.29) is 11.1 Å². The van der Waals surface area contributed by atoms with E-state index in [1.165, 1.54) is 31.2 Å². The quantitative estimate of drug-likeness (QED) is 0.576. The molecule has 3 rings (SSSR count). The molecule has 1 amide bonds. The minimum absolute atomic E-state index is 0.146. The molecule has 0 bridgehead atoms. The molecule has 156 valence electrons. The van der Waals surface area contributed by atoms with E-state index in [1.54, 1.807) is 18.3 Å². The van der Waals surface area contributed by atoms with Gasteiger partial charge in [-0.15, -0.1) is 0 Å². The Balaban J connectivity index is 1.47. The fourth-order valence-electron chi connectivity index (χ4n) is 4.49. The summed E-state index contributed by atoms with van der Waals surface area (Å²) >= 11 is 12.1. The van der Waals surface area contributed by atoms with Gasteiger partial charge in [0.05, 0.1) is 5.56 Å². The van der Waals surface area contributed by atoms with Crippen molar-refractivity contribution in [1.29, 1.82) is 0 Å². The number of carbonyl (C=O) groups is 1. The largest absolute Gasteiger partial charge is 0.352 e. The van der Waals surface area contributed by atoms with Crippen LogP contribution in [-0.4, -0.2) is 36.4 Å². The molecule has 1 atom stereocenters. The van der Waals surface area contributed by atoms with Crippen molar-refractivity contribution in [3.8, 4) is 0 Å². The number of carbonyl (C=O) groups excluding carboxylic acids is 1. The standard InChI is InChI=1S/C23H29Cl2N3O/c1-28(2)21(18-9-11-19(24)12-10-18)17-7-5-16(6-8-17)13-15-27-23(29)20-4-3-14-26-22(20)25/h3-4,9-12,14,16-17,21H,5-8,13,15H2,1-2H3,(H,27,29). The van der Waals surface area contributed by atoms with Gasteiger partial charge in [0, 0.05) is 23.8 Å². The van der Waals surface area contributed by atoms with Gasteiger partial charge < -0.3 is 10.2 Å². The molecule has 1 aromatic heterocycles. The van der Waals surface area contributed by atoms with Gasteiger partial charge in [-0.2, -0.15) is 0 Å². The number of halogens is 2. The monoisotopic (exact) mass is 433 g/mol. The predicted octanol–water partition coefficient (Wildman–Crippen LogP) is 5.62. The number of nitrogens with one attached hydrogen (secondary N) is 1. The molecule has 0 saturated heterocycles. The smallest absolute Gasteiger partial charge is 0.254 e. The van der Waals surface area contributed by atoms with Gasteiger partial charge >= 0.3 is 0 Å². The Bertz CT molecular complexity index is 802. The Morgan fingerprint density at radius 1 is 1.14 bits per heavy atom. The third kappa shape index (κ3) is 5.94. The maximum atomic E-state index is 12.3. The van der Waals surface area contributed by atoms with Crippen molar-refractivity contribution >= 4 is 29.1 Å². The molecule has 2 aromatic rings. The lowest BCUT2D eigenvalue weighted by atomic mass is 9.75. The second kappa shape index (κ2) is 10.4. The summed E-state index contributed by atoms with van der Waals surface area (Å²) in [6, 6.07) is 12.1. The van der Waals surface area contributed by atoms with Crippen LogP contribution in [0.4, 0.5) is 0 Å². The molecular weight excluding hydrogens is 405 g/mol. The summed E-state index contributed by atoms with van der Waals surface area (Å²) < 4.78 is 0. The van der Waals surface area contributed by atoms with E-state index in [0.29, 0.717) is 30.0 Å². The zero-order chi connectivity index (χ0) is 20.8. The molecule has 29 heavy (non-hydrogen) atoms. The van der Waals surface area contributed by atoms with Crippen molar-refractivity contribution in [2.45, 2.75) is 38.1 Å². The van der Waals surface area contributed by atoms with Crippen molar-refractivity contribution in [2.75, 3.05) is 20.6 Å². The number of aromatic nitrogens is 1. The normalized spacial score (nSPS) is 20.4. The lowest BCUT2D eigenvalue weighted by molar-refractivity contribution is 0.0947. The molecule has 1 heterocycles. The lowest BCUT2D eigenvalue weighted by Gasteiger charge is -2.37. The molecule has 1 aliphatic carbocycles. The van der Waals surface area contributed by atoms with Crippen molar-refractivity contribution in [3.63, 3.8) is 0 Å². The molecule has 4 nitrogen and oxygen atoms in total. The summed E-state index contributed by atoms with van der Waals surface area (Å²) in [7, 11) is 4.31. The summed E-state index contributed by atoms with van der Waals surface area (Å²) in [5.74, 6) is 1.15. The highest BCUT2D eigenvalue weighted by Crippen LogP contribution is 2.40. The average molecular weight is 434 g/mol. The SMILES string of the molecule is CN(C)C(c1ccc(Cl)cc1)C1CCC(CCNC(=O)c2cccnc2Cl)CC1. The lowest BCUT2D eigenvalue weighted by Crippen LogP contribution is -2.31. The highest BCUT2D eigenvalue weighted by Gasteiger charge is 2.29. The van der Waals surface area contributed by atoms with Crippen LogP contribution in [0.25, 0.3) is 0 Å². The fraction of sp³-hybridized carbons (Fsp3) is 0.478. The zero-order valence-corrected chi connectivity index (χ0v) is 18.6. The Kier molecular flexibility index (Phi) is 7.93. The summed E-state index contributed by atoms with van der Waals surface area (Å²) in [6.07, 6.45) is 7.40. The molecule has 0 radical (unpaired) electrons. The van der Waals surface area contributed by atoms with Crippen LogP contribution in [0.15, 0.2) is 42.6 Å². The maximum absolute atomic E-state index is 12.3. The Morgan fingerprint density at radius 3 is 2.45 bits per heavy atom. The fourth-order valence-corrected chi connectivity index (χ4v) is 4.82. The molecule has 0 aliphatic heterocycles. The van der Waals surface area contributed by atoms with Gasteiger partial charge in [0.1, 0.15) is 5.15 Å². The Hall–Kier alpha value is -1.62. The number of benzene rings is 1. The first-order valence-electron chi connectivity index (χ1n) is 10.3. The summed E-state index contributed by atoms with van der Waals surface area (Å²) in [5, 5.41) is 4.02. The molecule has 6 heteroatoms. The number of pyridine rings is 1.